The number of aromatic nitrogens is 1. The molecule has 172 valence electrons. The second-order valence-electron chi connectivity index (χ2n) is 8.09. The Kier molecular flexibility index (Phi) is 4.97. The molecule has 34 heavy (non-hydrogen) atoms. The van der Waals surface area contributed by atoms with Crippen molar-refractivity contribution < 1.29 is 33.4 Å². The molecule has 1 aromatic heterocycles. The predicted molar refractivity (Wildman–Crippen MR) is 119 cm³/mol. The molecule has 0 radical (unpaired) electrons. The van der Waals surface area contributed by atoms with Crippen LogP contribution in [0.5, 0.6) is 11.5 Å². The van der Waals surface area contributed by atoms with Crippen LogP contribution in [-0.4, -0.2) is 53.5 Å². The SMILES string of the molecule is Cc1cc(C(=O)COC(=O)c2ccc3c(c2)C(=O)N(C)C3=O)c(C)n1-c1ccc2c(c1)OCO2. The summed E-state index contributed by atoms with van der Waals surface area (Å²) < 4.78 is 17.9. The number of aryl methyl sites for hydroxylation is 1. The number of benzene rings is 2. The first-order valence-corrected chi connectivity index (χ1v) is 10.5. The number of rotatable bonds is 5. The summed E-state index contributed by atoms with van der Waals surface area (Å²) in [5.41, 5.74) is 3.24. The molecule has 9 nitrogen and oxygen atoms in total. The molecule has 0 saturated heterocycles. The van der Waals surface area contributed by atoms with E-state index >= 15 is 0 Å². The highest BCUT2D eigenvalue weighted by Gasteiger charge is 2.33. The maximum Gasteiger partial charge on any atom is 0.338 e. The number of ether oxygens (including phenoxy) is 3. The van der Waals surface area contributed by atoms with Crippen molar-refractivity contribution in [2.75, 3.05) is 20.4 Å². The van der Waals surface area contributed by atoms with E-state index in [1.54, 1.807) is 6.07 Å². The Hall–Kier alpha value is -4.40. The number of carbonyl (C=O) groups excluding carboxylic acids is 4. The van der Waals surface area contributed by atoms with Gasteiger partial charge in [0.1, 0.15) is 0 Å². The molecule has 0 unspecified atom stereocenters. The van der Waals surface area contributed by atoms with Gasteiger partial charge in [0.15, 0.2) is 18.1 Å². The van der Waals surface area contributed by atoms with E-state index in [9.17, 15) is 19.2 Å². The van der Waals surface area contributed by atoms with E-state index in [1.807, 2.05) is 36.6 Å². The normalized spacial score (nSPS) is 13.9. The van der Waals surface area contributed by atoms with Crippen molar-refractivity contribution in [3.8, 4) is 17.2 Å². The summed E-state index contributed by atoms with van der Waals surface area (Å²) in [6, 6.07) is 11.4. The zero-order valence-electron chi connectivity index (χ0n) is 18.7. The zero-order valence-corrected chi connectivity index (χ0v) is 18.7. The number of hydrogen-bond acceptors (Lipinski definition) is 7. The van der Waals surface area contributed by atoms with Crippen molar-refractivity contribution in [2.45, 2.75) is 13.8 Å². The molecule has 0 saturated carbocycles. The summed E-state index contributed by atoms with van der Waals surface area (Å²) >= 11 is 0. The molecule has 2 aliphatic heterocycles. The van der Waals surface area contributed by atoms with Crippen molar-refractivity contribution >= 4 is 23.6 Å². The Bertz CT molecular complexity index is 1400. The molecule has 9 heteroatoms. The zero-order chi connectivity index (χ0) is 24.1. The summed E-state index contributed by atoms with van der Waals surface area (Å²) in [5.74, 6) is -0.725. The topological polar surface area (TPSA) is 104 Å². The minimum atomic E-state index is -0.754. The number of ketones is 1. The fourth-order valence-electron chi connectivity index (χ4n) is 4.25. The second kappa shape index (κ2) is 7.87. The number of carbonyl (C=O) groups is 4. The summed E-state index contributed by atoms with van der Waals surface area (Å²) in [6.07, 6.45) is 0. The molecule has 3 heterocycles. The van der Waals surface area contributed by atoms with Gasteiger partial charge in [0.05, 0.1) is 16.7 Å². The third-order valence-electron chi connectivity index (χ3n) is 6.01. The van der Waals surface area contributed by atoms with Crippen LogP contribution < -0.4 is 9.47 Å². The van der Waals surface area contributed by atoms with Crippen LogP contribution >= 0.6 is 0 Å². The predicted octanol–water partition coefficient (Wildman–Crippen LogP) is 3.09. The van der Waals surface area contributed by atoms with E-state index in [-0.39, 0.29) is 29.3 Å². The lowest BCUT2D eigenvalue weighted by molar-refractivity contribution is 0.0474. The van der Waals surface area contributed by atoms with Crippen LogP contribution in [0.2, 0.25) is 0 Å². The number of nitrogens with zero attached hydrogens (tertiary/aromatic N) is 2. The molecule has 2 aliphatic rings. The van der Waals surface area contributed by atoms with Crippen LogP contribution in [-0.2, 0) is 4.74 Å². The number of imide groups is 1. The van der Waals surface area contributed by atoms with E-state index in [4.69, 9.17) is 14.2 Å². The van der Waals surface area contributed by atoms with Crippen molar-refractivity contribution in [1.82, 2.24) is 9.47 Å². The molecular weight excluding hydrogens is 440 g/mol. The first-order chi connectivity index (χ1) is 16.3. The highest BCUT2D eigenvalue weighted by molar-refractivity contribution is 6.21. The van der Waals surface area contributed by atoms with Crippen LogP contribution in [0.25, 0.3) is 5.69 Å². The Morgan fingerprint density at radius 3 is 2.47 bits per heavy atom. The van der Waals surface area contributed by atoms with Crippen LogP contribution in [0.3, 0.4) is 0 Å². The van der Waals surface area contributed by atoms with E-state index in [0.717, 1.165) is 16.3 Å². The molecule has 5 rings (SSSR count). The van der Waals surface area contributed by atoms with Crippen LogP contribution in [0, 0.1) is 13.8 Å². The molecule has 0 atom stereocenters. The van der Waals surface area contributed by atoms with E-state index < -0.39 is 24.4 Å². The third kappa shape index (κ3) is 3.33. The van der Waals surface area contributed by atoms with Crippen LogP contribution in [0.1, 0.15) is 52.8 Å². The van der Waals surface area contributed by atoms with Gasteiger partial charge in [-0.05, 0) is 50.2 Å². The van der Waals surface area contributed by atoms with Crippen LogP contribution in [0.15, 0.2) is 42.5 Å². The first kappa shape index (κ1) is 21.4. The minimum absolute atomic E-state index is 0.0915. The van der Waals surface area contributed by atoms with Gasteiger partial charge in [-0.2, -0.15) is 0 Å². The van der Waals surface area contributed by atoms with Gasteiger partial charge in [0.2, 0.25) is 12.6 Å². The van der Waals surface area contributed by atoms with Crippen molar-refractivity contribution in [2.24, 2.45) is 0 Å². The standard InChI is InChI=1S/C25H20N2O7/c1-13-8-18(14(2)27(13)16-5-7-21-22(10-16)34-12-33-21)20(28)11-32-25(31)15-4-6-17-19(9-15)24(30)26(3)23(17)29/h4-10H,11-12H2,1-3H3. The molecule has 2 amide bonds. The minimum Gasteiger partial charge on any atom is -0.454 e. The second-order valence-corrected chi connectivity index (χ2v) is 8.09. The molecular formula is C25H20N2O7. The highest BCUT2D eigenvalue weighted by Crippen LogP contribution is 2.35. The number of esters is 1. The van der Waals surface area contributed by atoms with Gasteiger partial charge in [0.25, 0.3) is 11.8 Å². The molecule has 0 fully saturated rings. The summed E-state index contributed by atoms with van der Waals surface area (Å²) in [4.78, 5) is 50.6. The Morgan fingerprint density at radius 2 is 1.68 bits per heavy atom. The lowest BCUT2D eigenvalue weighted by atomic mass is 10.1. The fraction of sp³-hybridized carbons (Fsp3) is 0.200. The first-order valence-electron chi connectivity index (χ1n) is 10.5. The van der Waals surface area contributed by atoms with Gasteiger partial charge >= 0.3 is 5.97 Å². The van der Waals surface area contributed by atoms with E-state index in [0.29, 0.717) is 22.8 Å². The largest absolute Gasteiger partial charge is 0.454 e. The fourth-order valence-corrected chi connectivity index (χ4v) is 4.25. The smallest absolute Gasteiger partial charge is 0.338 e. The molecule has 0 aliphatic carbocycles. The van der Waals surface area contributed by atoms with Crippen molar-refractivity contribution in [3.63, 3.8) is 0 Å². The van der Waals surface area contributed by atoms with Gasteiger partial charge in [-0.1, -0.05) is 0 Å². The third-order valence-corrected chi connectivity index (χ3v) is 6.01. The number of amides is 2. The van der Waals surface area contributed by atoms with Gasteiger partial charge in [0, 0.05) is 35.8 Å². The van der Waals surface area contributed by atoms with Crippen molar-refractivity contribution in [1.29, 1.82) is 0 Å². The maximum atomic E-state index is 12.9. The Labute approximate surface area is 194 Å². The molecule has 3 aromatic rings. The maximum absolute atomic E-state index is 12.9. The lowest BCUT2D eigenvalue weighted by Crippen LogP contribution is -2.24. The quantitative estimate of drug-likeness (QED) is 0.327. The van der Waals surface area contributed by atoms with Crippen molar-refractivity contribution in [3.05, 3.63) is 76.1 Å². The summed E-state index contributed by atoms with van der Waals surface area (Å²) in [6.45, 7) is 3.39. The Balaban J connectivity index is 1.32. The van der Waals surface area contributed by atoms with E-state index in [1.165, 1.54) is 25.2 Å². The van der Waals surface area contributed by atoms with Gasteiger partial charge in [-0.3, -0.25) is 19.3 Å². The van der Waals surface area contributed by atoms with Gasteiger partial charge in [-0.15, -0.1) is 0 Å². The average Bonchev–Trinajstić information content (AvgIpc) is 3.48. The van der Waals surface area contributed by atoms with Crippen LogP contribution in [0.4, 0.5) is 0 Å². The monoisotopic (exact) mass is 460 g/mol. The molecule has 0 spiro atoms. The lowest BCUT2D eigenvalue weighted by Gasteiger charge is -2.11. The van der Waals surface area contributed by atoms with E-state index in [2.05, 4.69) is 0 Å². The Morgan fingerprint density at radius 1 is 0.941 bits per heavy atom. The van der Waals surface area contributed by atoms with Gasteiger partial charge < -0.3 is 18.8 Å². The summed E-state index contributed by atoms with van der Waals surface area (Å²) in [5, 5.41) is 0. The summed E-state index contributed by atoms with van der Waals surface area (Å²) in [7, 11) is 1.38. The average molecular weight is 460 g/mol. The number of hydrogen-bond donors (Lipinski definition) is 0. The molecule has 0 N–H and O–H groups in total. The molecule has 0 bridgehead atoms. The number of Topliss-reactive ketones (excluding diaryl/α,β-unsaturated/α-hetero) is 1. The molecule has 2 aromatic carbocycles. The highest BCUT2D eigenvalue weighted by atomic mass is 16.7. The number of fused-ring (bicyclic) bond motifs is 2. The van der Waals surface area contributed by atoms with Gasteiger partial charge in [-0.25, -0.2) is 4.79 Å².